The van der Waals surface area contributed by atoms with Gasteiger partial charge in [-0.2, -0.15) is 0 Å². The summed E-state index contributed by atoms with van der Waals surface area (Å²) in [4.78, 5) is 33.4. The van der Waals surface area contributed by atoms with E-state index in [1.165, 1.54) is 30.6 Å². The number of benzene rings is 1. The predicted octanol–water partition coefficient (Wildman–Crippen LogP) is 3.31. The Bertz CT molecular complexity index is 861. The highest BCUT2D eigenvalue weighted by Crippen LogP contribution is 2.35. The predicted molar refractivity (Wildman–Crippen MR) is 106 cm³/mol. The van der Waals surface area contributed by atoms with Gasteiger partial charge in [-0.05, 0) is 43.9 Å². The van der Waals surface area contributed by atoms with Gasteiger partial charge in [-0.25, -0.2) is 4.98 Å². The molecule has 2 amide bonds. The van der Waals surface area contributed by atoms with Gasteiger partial charge in [0.1, 0.15) is 5.75 Å². The zero-order valence-corrected chi connectivity index (χ0v) is 16.6. The van der Waals surface area contributed by atoms with Crippen molar-refractivity contribution in [1.82, 2.24) is 9.88 Å². The topological polar surface area (TPSA) is 62.7 Å². The highest BCUT2D eigenvalue weighted by Gasteiger charge is 2.38. The van der Waals surface area contributed by atoms with Crippen molar-refractivity contribution in [2.45, 2.75) is 32.6 Å². The summed E-state index contributed by atoms with van der Waals surface area (Å²) in [6, 6.07) is 5.76. The highest BCUT2D eigenvalue weighted by molar-refractivity contribution is 7.22. The number of rotatable bonds is 6. The van der Waals surface area contributed by atoms with Gasteiger partial charge in [0.25, 0.3) is 0 Å². The first-order valence-corrected chi connectivity index (χ1v) is 10.5. The third-order valence-corrected chi connectivity index (χ3v) is 6.54. The molecule has 27 heavy (non-hydrogen) atoms. The molecule has 2 aliphatic rings. The standard InChI is InChI=1S/C20H25N3O3S/c1-3-26-15-7-8-16-17(10-15)27-20(21-16)23-12-14(9-18(23)24)19(25)22(2)11-13-5-4-6-13/h7-8,10,13-14H,3-6,9,11-12H2,1-2H3. The molecule has 1 unspecified atom stereocenters. The molecule has 1 saturated carbocycles. The van der Waals surface area contributed by atoms with E-state index in [1.807, 2.05) is 37.1 Å². The SMILES string of the molecule is CCOc1ccc2nc(N3CC(C(=O)N(C)CC4CCC4)CC3=O)sc2c1. The molecule has 2 heterocycles. The van der Waals surface area contributed by atoms with Crippen molar-refractivity contribution in [3.05, 3.63) is 18.2 Å². The van der Waals surface area contributed by atoms with Crippen LogP contribution in [-0.2, 0) is 9.59 Å². The molecular weight excluding hydrogens is 362 g/mol. The second kappa shape index (κ2) is 7.46. The summed E-state index contributed by atoms with van der Waals surface area (Å²) in [6.45, 7) is 3.79. The number of aromatic nitrogens is 1. The second-order valence-electron chi connectivity index (χ2n) is 7.48. The minimum atomic E-state index is -0.270. The molecule has 0 radical (unpaired) electrons. The van der Waals surface area contributed by atoms with Crippen LogP contribution in [0.15, 0.2) is 18.2 Å². The molecule has 1 aliphatic carbocycles. The van der Waals surface area contributed by atoms with Crippen LogP contribution in [0.1, 0.15) is 32.6 Å². The average molecular weight is 388 g/mol. The zero-order chi connectivity index (χ0) is 19.0. The molecule has 1 atom stereocenters. The Hall–Kier alpha value is -2.15. The number of fused-ring (bicyclic) bond motifs is 1. The summed E-state index contributed by atoms with van der Waals surface area (Å²) < 4.78 is 6.53. The molecule has 4 rings (SSSR count). The molecule has 7 heteroatoms. The number of hydrogen-bond donors (Lipinski definition) is 0. The van der Waals surface area contributed by atoms with Gasteiger partial charge in [-0.3, -0.25) is 14.5 Å². The van der Waals surface area contributed by atoms with Crippen molar-refractivity contribution < 1.29 is 14.3 Å². The van der Waals surface area contributed by atoms with Gasteiger partial charge in [-0.15, -0.1) is 0 Å². The largest absolute Gasteiger partial charge is 0.494 e. The molecule has 1 saturated heterocycles. The van der Waals surface area contributed by atoms with Crippen LogP contribution in [0.3, 0.4) is 0 Å². The second-order valence-corrected chi connectivity index (χ2v) is 8.49. The van der Waals surface area contributed by atoms with Gasteiger partial charge in [0, 0.05) is 26.6 Å². The Labute approximate surface area is 163 Å². The molecule has 0 N–H and O–H groups in total. The normalized spacial score (nSPS) is 20.1. The van der Waals surface area contributed by atoms with Gasteiger partial charge >= 0.3 is 0 Å². The van der Waals surface area contributed by atoms with Crippen LogP contribution in [0.2, 0.25) is 0 Å². The highest BCUT2D eigenvalue weighted by atomic mass is 32.1. The Morgan fingerprint density at radius 2 is 2.22 bits per heavy atom. The third-order valence-electron chi connectivity index (χ3n) is 5.50. The minimum absolute atomic E-state index is 0.0190. The number of ether oxygens (including phenoxy) is 1. The number of carbonyl (C=O) groups excluding carboxylic acids is 2. The van der Waals surface area contributed by atoms with Crippen molar-refractivity contribution in [2.75, 3.05) is 31.6 Å². The first-order valence-electron chi connectivity index (χ1n) is 9.64. The molecule has 6 nitrogen and oxygen atoms in total. The molecule has 1 aliphatic heterocycles. The van der Waals surface area contributed by atoms with Crippen LogP contribution in [0, 0.1) is 11.8 Å². The smallest absolute Gasteiger partial charge is 0.229 e. The van der Waals surface area contributed by atoms with E-state index in [1.54, 1.807) is 4.90 Å². The number of amides is 2. The Morgan fingerprint density at radius 1 is 1.41 bits per heavy atom. The average Bonchev–Trinajstić information content (AvgIpc) is 3.20. The summed E-state index contributed by atoms with van der Waals surface area (Å²) in [5.41, 5.74) is 0.850. The van der Waals surface area contributed by atoms with Crippen LogP contribution in [0.4, 0.5) is 5.13 Å². The van der Waals surface area contributed by atoms with Crippen LogP contribution in [0.5, 0.6) is 5.75 Å². The van der Waals surface area contributed by atoms with E-state index in [0.29, 0.717) is 24.2 Å². The summed E-state index contributed by atoms with van der Waals surface area (Å²) in [5, 5.41) is 0.667. The van der Waals surface area contributed by atoms with Crippen LogP contribution >= 0.6 is 11.3 Å². The van der Waals surface area contributed by atoms with E-state index in [-0.39, 0.29) is 24.2 Å². The molecule has 2 fully saturated rings. The number of anilines is 1. The van der Waals surface area contributed by atoms with Crippen LogP contribution in [-0.4, -0.2) is 48.4 Å². The van der Waals surface area contributed by atoms with Gasteiger partial charge in [0.15, 0.2) is 5.13 Å². The summed E-state index contributed by atoms with van der Waals surface area (Å²) >= 11 is 1.47. The fourth-order valence-electron chi connectivity index (χ4n) is 3.79. The quantitative estimate of drug-likeness (QED) is 0.763. The monoisotopic (exact) mass is 387 g/mol. The van der Waals surface area contributed by atoms with Crippen molar-refractivity contribution in [2.24, 2.45) is 11.8 Å². The van der Waals surface area contributed by atoms with Gasteiger partial charge in [0.2, 0.25) is 11.8 Å². The van der Waals surface area contributed by atoms with Crippen molar-refractivity contribution in [3.8, 4) is 5.75 Å². The lowest BCUT2D eigenvalue weighted by Crippen LogP contribution is -2.39. The molecule has 144 valence electrons. The molecule has 2 aromatic rings. The van der Waals surface area contributed by atoms with Crippen molar-refractivity contribution >= 4 is 38.5 Å². The minimum Gasteiger partial charge on any atom is -0.494 e. The maximum Gasteiger partial charge on any atom is 0.229 e. The molecular formula is C20H25N3O3S. The summed E-state index contributed by atoms with van der Waals surface area (Å²) in [5.74, 6) is 1.23. The van der Waals surface area contributed by atoms with Gasteiger partial charge < -0.3 is 9.64 Å². The lowest BCUT2D eigenvalue weighted by Gasteiger charge is -2.31. The summed E-state index contributed by atoms with van der Waals surface area (Å²) in [7, 11) is 1.86. The lowest BCUT2D eigenvalue weighted by molar-refractivity contribution is -0.135. The number of hydrogen-bond acceptors (Lipinski definition) is 5. The lowest BCUT2D eigenvalue weighted by atomic mass is 9.85. The Kier molecular flexibility index (Phi) is 5.04. The zero-order valence-electron chi connectivity index (χ0n) is 15.8. The van der Waals surface area contributed by atoms with E-state index < -0.39 is 0 Å². The van der Waals surface area contributed by atoms with E-state index in [9.17, 15) is 9.59 Å². The molecule has 1 aromatic heterocycles. The van der Waals surface area contributed by atoms with Crippen molar-refractivity contribution in [3.63, 3.8) is 0 Å². The fourth-order valence-corrected chi connectivity index (χ4v) is 4.81. The molecule has 0 bridgehead atoms. The van der Waals surface area contributed by atoms with E-state index in [4.69, 9.17) is 4.74 Å². The van der Waals surface area contributed by atoms with Gasteiger partial charge in [0.05, 0.1) is 22.7 Å². The maximum absolute atomic E-state index is 12.7. The Balaban J connectivity index is 1.46. The van der Waals surface area contributed by atoms with Crippen molar-refractivity contribution in [1.29, 1.82) is 0 Å². The van der Waals surface area contributed by atoms with E-state index >= 15 is 0 Å². The van der Waals surface area contributed by atoms with Crippen LogP contribution in [0.25, 0.3) is 10.2 Å². The number of thiazole rings is 1. The molecule has 0 spiro atoms. The first-order chi connectivity index (χ1) is 13.0. The number of nitrogens with zero attached hydrogens (tertiary/aromatic N) is 3. The maximum atomic E-state index is 12.7. The molecule has 1 aromatic carbocycles. The number of carbonyl (C=O) groups is 2. The first kappa shape index (κ1) is 18.2. The van der Waals surface area contributed by atoms with Gasteiger partial charge in [-0.1, -0.05) is 17.8 Å². The van der Waals surface area contributed by atoms with Crippen LogP contribution < -0.4 is 9.64 Å². The van der Waals surface area contributed by atoms with E-state index in [0.717, 1.165) is 22.5 Å². The van der Waals surface area contributed by atoms with E-state index in [2.05, 4.69) is 4.98 Å². The Morgan fingerprint density at radius 3 is 2.93 bits per heavy atom. The fraction of sp³-hybridized carbons (Fsp3) is 0.550. The summed E-state index contributed by atoms with van der Waals surface area (Å²) in [6.07, 6.45) is 3.96. The third kappa shape index (κ3) is 3.65.